The summed E-state index contributed by atoms with van der Waals surface area (Å²) in [5.74, 6) is 2.76. The molecule has 0 saturated heterocycles. The molecule has 0 fully saturated rings. The molecule has 0 atom stereocenters. The molecule has 0 unspecified atom stereocenters. The minimum absolute atomic E-state index is 0.228. The fraction of sp³-hybridized carbons (Fsp3) is 0.357. The summed E-state index contributed by atoms with van der Waals surface area (Å²) < 4.78 is 0. The van der Waals surface area contributed by atoms with Gasteiger partial charge in [-0.15, -0.1) is 12.3 Å². The fourth-order valence-corrected chi connectivity index (χ4v) is 1.42. The van der Waals surface area contributed by atoms with Gasteiger partial charge in [0.15, 0.2) is 0 Å². The fourth-order valence-electron chi connectivity index (χ4n) is 1.42. The highest BCUT2D eigenvalue weighted by atomic mass is 16.1. The molecule has 1 N–H and O–H groups in total. The molecule has 1 aromatic carbocycles. The molecular weight excluding hydrogens is 198 g/mol. The highest BCUT2D eigenvalue weighted by Crippen LogP contribution is 1.98. The molecule has 0 amide bonds. The second-order valence-corrected chi connectivity index (χ2v) is 3.69. The quantitative estimate of drug-likeness (QED) is 0.558. The number of hydrogen-bond acceptors (Lipinski definition) is 2. The molecule has 0 heterocycles. The standard InChI is InChI=1S/C14H17NO/c1-2-3-5-10-14(16)12-15-11-13-8-6-4-7-9-13/h1,4,6-9,15H,3,5,10-12H2. The second-order valence-electron chi connectivity index (χ2n) is 3.69. The lowest BCUT2D eigenvalue weighted by Crippen LogP contribution is -2.22. The van der Waals surface area contributed by atoms with Crippen molar-refractivity contribution in [3.8, 4) is 12.3 Å². The van der Waals surface area contributed by atoms with Crippen LogP contribution in [0.15, 0.2) is 30.3 Å². The Kier molecular flexibility index (Phi) is 5.98. The number of hydrogen-bond donors (Lipinski definition) is 1. The Morgan fingerprint density at radius 1 is 1.31 bits per heavy atom. The van der Waals surface area contributed by atoms with Crippen LogP contribution in [0.3, 0.4) is 0 Å². The first-order valence-corrected chi connectivity index (χ1v) is 5.52. The van der Waals surface area contributed by atoms with Gasteiger partial charge in [0, 0.05) is 19.4 Å². The average molecular weight is 215 g/mol. The van der Waals surface area contributed by atoms with Gasteiger partial charge in [-0.3, -0.25) is 4.79 Å². The molecular formula is C14H17NO. The predicted octanol–water partition coefficient (Wildman–Crippen LogP) is 2.15. The van der Waals surface area contributed by atoms with Crippen molar-refractivity contribution < 1.29 is 4.79 Å². The van der Waals surface area contributed by atoms with Crippen LogP contribution < -0.4 is 5.32 Å². The van der Waals surface area contributed by atoms with Crippen LogP contribution in [0.5, 0.6) is 0 Å². The first-order valence-electron chi connectivity index (χ1n) is 5.52. The third kappa shape index (κ3) is 5.33. The second kappa shape index (κ2) is 7.67. The smallest absolute Gasteiger partial charge is 0.146 e. The molecule has 1 aromatic rings. The molecule has 1 rings (SSSR count). The molecule has 0 aliphatic rings. The summed E-state index contributed by atoms with van der Waals surface area (Å²) in [4.78, 5) is 11.4. The highest BCUT2D eigenvalue weighted by molar-refractivity contribution is 5.80. The number of benzene rings is 1. The van der Waals surface area contributed by atoms with E-state index < -0.39 is 0 Å². The number of rotatable bonds is 7. The van der Waals surface area contributed by atoms with E-state index in [1.807, 2.05) is 30.3 Å². The van der Waals surface area contributed by atoms with Crippen LogP contribution in [0.4, 0.5) is 0 Å². The topological polar surface area (TPSA) is 29.1 Å². The van der Waals surface area contributed by atoms with Gasteiger partial charge < -0.3 is 5.32 Å². The van der Waals surface area contributed by atoms with Crippen LogP contribution in [0.2, 0.25) is 0 Å². The lowest BCUT2D eigenvalue weighted by Gasteiger charge is -2.03. The number of ketones is 1. The Bertz CT molecular complexity index is 351. The van der Waals surface area contributed by atoms with Crippen LogP contribution in [0.25, 0.3) is 0 Å². The summed E-state index contributed by atoms with van der Waals surface area (Å²) >= 11 is 0. The van der Waals surface area contributed by atoms with Gasteiger partial charge in [0.1, 0.15) is 5.78 Å². The zero-order valence-corrected chi connectivity index (χ0v) is 9.41. The Hall–Kier alpha value is -1.59. The van der Waals surface area contributed by atoms with E-state index in [-0.39, 0.29) is 5.78 Å². The minimum Gasteiger partial charge on any atom is -0.306 e. The molecule has 16 heavy (non-hydrogen) atoms. The third-order valence-corrected chi connectivity index (χ3v) is 2.27. The highest BCUT2D eigenvalue weighted by Gasteiger charge is 2.00. The maximum Gasteiger partial charge on any atom is 0.146 e. The van der Waals surface area contributed by atoms with Gasteiger partial charge in [-0.05, 0) is 12.0 Å². The SMILES string of the molecule is C#CCCCC(=O)CNCc1ccccc1. The van der Waals surface area contributed by atoms with Gasteiger partial charge >= 0.3 is 0 Å². The Morgan fingerprint density at radius 2 is 2.06 bits per heavy atom. The molecule has 0 aromatic heterocycles. The van der Waals surface area contributed by atoms with Crippen LogP contribution in [-0.2, 0) is 11.3 Å². The lowest BCUT2D eigenvalue weighted by molar-refractivity contribution is -0.118. The van der Waals surface area contributed by atoms with E-state index in [0.717, 1.165) is 13.0 Å². The molecule has 0 spiro atoms. The zero-order valence-electron chi connectivity index (χ0n) is 9.41. The molecule has 0 radical (unpaired) electrons. The first-order chi connectivity index (χ1) is 7.83. The summed E-state index contributed by atoms with van der Waals surface area (Å²) in [5.41, 5.74) is 1.19. The van der Waals surface area contributed by atoms with Crippen molar-refractivity contribution in [2.24, 2.45) is 0 Å². The number of terminal acetylenes is 1. The van der Waals surface area contributed by atoms with E-state index in [0.29, 0.717) is 19.4 Å². The molecule has 0 saturated carbocycles. The first kappa shape index (κ1) is 12.5. The average Bonchev–Trinajstić information content (AvgIpc) is 2.31. The predicted molar refractivity (Wildman–Crippen MR) is 65.8 cm³/mol. The van der Waals surface area contributed by atoms with Crippen molar-refractivity contribution in [2.75, 3.05) is 6.54 Å². The van der Waals surface area contributed by atoms with E-state index in [4.69, 9.17) is 6.42 Å². The Balaban J connectivity index is 2.12. The van der Waals surface area contributed by atoms with Crippen molar-refractivity contribution in [1.82, 2.24) is 5.32 Å². The Morgan fingerprint density at radius 3 is 2.75 bits per heavy atom. The van der Waals surface area contributed by atoms with Crippen molar-refractivity contribution in [2.45, 2.75) is 25.8 Å². The summed E-state index contributed by atoms with van der Waals surface area (Å²) in [6.07, 6.45) is 7.17. The van der Waals surface area contributed by atoms with Gasteiger partial charge in [-0.1, -0.05) is 30.3 Å². The molecule has 0 aliphatic carbocycles. The van der Waals surface area contributed by atoms with Crippen molar-refractivity contribution in [3.05, 3.63) is 35.9 Å². The number of carbonyl (C=O) groups is 1. The summed E-state index contributed by atoms with van der Waals surface area (Å²) in [7, 11) is 0. The van der Waals surface area contributed by atoms with Crippen molar-refractivity contribution >= 4 is 5.78 Å². The molecule has 2 nitrogen and oxygen atoms in total. The van der Waals surface area contributed by atoms with E-state index in [9.17, 15) is 4.79 Å². The monoisotopic (exact) mass is 215 g/mol. The molecule has 0 bridgehead atoms. The minimum atomic E-state index is 0.228. The normalized spacial score (nSPS) is 9.69. The van der Waals surface area contributed by atoms with Gasteiger partial charge in [-0.2, -0.15) is 0 Å². The third-order valence-electron chi connectivity index (χ3n) is 2.27. The van der Waals surface area contributed by atoms with Gasteiger partial charge in [0.05, 0.1) is 6.54 Å². The van der Waals surface area contributed by atoms with Gasteiger partial charge in [0.25, 0.3) is 0 Å². The van der Waals surface area contributed by atoms with Crippen molar-refractivity contribution in [1.29, 1.82) is 0 Å². The van der Waals surface area contributed by atoms with Crippen LogP contribution >= 0.6 is 0 Å². The maximum absolute atomic E-state index is 11.4. The molecule has 0 aliphatic heterocycles. The largest absolute Gasteiger partial charge is 0.306 e. The summed E-state index contributed by atoms with van der Waals surface area (Å²) in [6.45, 7) is 1.17. The zero-order chi connectivity index (χ0) is 11.6. The van der Waals surface area contributed by atoms with Crippen LogP contribution in [0.1, 0.15) is 24.8 Å². The number of Topliss-reactive ketones (excluding diaryl/α,β-unsaturated/α-hetero) is 1. The van der Waals surface area contributed by atoms with Crippen molar-refractivity contribution in [3.63, 3.8) is 0 Å². The summed E-state index contributed by atoms with van der Waals surface area (Å²) in [6, 6.07) is 10.0. The van der Waals surface area contributed by atoms with E-state index in [1.165, 1.54) is 5.56 Å². The van der Waals surface area contributed by atoms with E-state index in [2.05, 4.69) is 11.2 Å². The maximum atomic E-state index is 11.4. The lowest BCUT2D eigenvalue weighted by atomic mass is 10.2. The Labute approximate surface area is 97.1 Å². The van der Waals surface area contributed by atoms with E-state index in [1.54, 1.807) is 0 Å². The number of carbonyl (C=O) groups excluding carboxylic acids is 1. The van der Waals surface area contributed by atoms with Crippen LogP contribution in [-0.4, -0.2) is 12.3 Å². The number of nitrogens with one attached hydrogen (secondary N) is 1. The molecule has 84 valence electrons. The van der Waals surface area contributed by atoms with Crippen LogP contribution in [0, 0.1) is 12.3 Å². The summed E-state index contributed by atoms with van der Waals surface area (Å²) in [5, 5.41) is 3.13. The molecule has 2 heteroatoms. The number of unbranched alkanes of at least 4 members (excludes halogenated alkanes) is 1. The van der Waals surface area contributed by atoms with Gasteiger partial charge in [0.2, 0.25) is 0 Å². The van der Waals surface area contributed by atoms with Gasteiger partial charge in [-0.25, -0.2) is 0 Å². The van der Waals surface area contributed by atoms with E-state index >= 15 is 0 Å².